The van der Waals surface area contributed by atoms with Gasteiger partial charge in [0.1, 0.15) is 6.04 Å². The van der Waals surface area contributed by atoms with Gasteiger partial charge in [-0.2, -0.15) is 9.35 Å². The predicted molar refractivity (Wildman–Crippen MR) is 73.2 cm³/mol. The summed E-state index contributed by atoms with van der Waals surface area (Å²) in [6, 6.07) is -0.00496. The fourth-order valence-electron chi connectivity index (χ4n) is 2.73. The van der Waals surface area contributed by atoms with Crippen LogP contribution in [-0.2, 0) is 19.5 Å². The van der Waals surface area contributed by atoms with Crippen LogP contribution in [0, 0.1) is 0 Å². The summed E-state index contributed by atoms with van der Waals surface area (Å²) in [7, 11) is -5.05. The van der Waals surface area contributed by atoms with E-state index < -0.39 is 28.5 Å². The third-order valence-corrected chi connectivity index (χ3v) is 4.94. The summed E-state index contributed by atoms with van der Waals surface area (Å²) < 4.78 is 36.8. The first kappa shape index (κ1) is 18.6. The molecule has 0 aromatic carbocycles. The summed E-state index contributed by atoms with van der Waals surface area (Å²) in [5.41, 5.74) is 0.728. The number of hydrogen-bond acceptors (Lipinski definition) is 7. The van der Waals surface area contributed by atoms with Gasteiger partial charge < -0.3 is 14.8 Å². The van der Waals surface area contributed by atoms with Gasteiger partial charge in [-0.1, -0.05) is 0 Å². The van der Waals surface area contributed by atoms with Crippen molar-refractivity contribution in [2.45, 2.75) is 19.0 Å². The summed E-state index contributed by atoms with van der Waals surface area (Å²) in [6.45, 7) is 1.77. The fourth-order valence-corrected chi connectivity index (χ4v) is 4.16. The Balaban J connectivity index is 0.00000192. The summed E-state index contributed by atoms with van der Waals surface area (Å²) in [6.07, 6.45) is 0. The topological polar surface area (TPSA) is 119 Å². The van der Waals surface area contributed by atoms with Crippen molar-refractivity contribution in [1.29, 1.82) is 0 Å². The molecule has 0 saturated carbocycles. The van der Waals surface area contributed by atoms with Crippen molar-refractivity contribution < 1.29 is 56.4 Å². The molecule has 1 aromatic rings. The minimum Gasteiger partial charge on any atom is -0.724 e. The molecule has 3 heterocycles. The molecular weight excluding hydrogens is 357 g/mol. The zero-order valence-electron chi connectivity index (χ0n) is 12.4. The largest absolute Gasteiger partial charge is 1.00 e. The molecule has 1 N–H and O–H groups in total. The Morgan fingerprint density at radius 3 is 2.87 bits per heavy atom. The van der Waals surface area contributed by atoms with Gasteiger partial charge in [0.15, 0.2) is 0 Å². The van der Waals surface area contributed by atoms with Crippen LogP contribution in [0.1, 0.15) is 29.4 Å². The average Bonchev–Trinajstić information content (AvgIpc) is 2.97. The van der Waals surface area contributed by atoms with Gasteiger partial charge in [-0.3, -0.25) is 4.79 Å². The number of hydroxylamine groups is 2. The maximum atomic E-state index is 12.3. The van der Waals surface area contributed by atoms with Gasteiger partial charge in [-0.15, -0.1) is 11.3 Å². The van der Waals surface area contributed by atoms with Crippen LogP contribution < -0.4 is 34.9 Å². The van der Waals surface area contributed by atoms with Crippen molar-refractivity contribution in [2.24, 2.45) is 0 Å². The predicted octanol–water partition coefficient (Wildman–Crippen LogP) is -2.89. The molecule has 9 nitrogen and oxygen atoms in total. The van der Waals surface area contributed by atoms with Crippen molar-refractivity contribution in [3.8, 4) is 0 Å². The number of nitrogens with zero attached hydrogens (tertiary/aromatic N) is 2. The van der Waals surface area contributed by atoms with Gasteiger partial charge in [0.05, 0.1) is 12.6 Å². The molecule has 0 radical (unpaired) electrons. The summed E-state index contributed by atoms with van der Waals surface area (Å²) in [5.74, 6) is -0.234. The van der Waals surface area contributed by atoms with Gasteiger partial charge >= 0.3 is 35.6 Å². The number of urea groups is 1. The smallest absolute Gasteiger partial charge is 0.724 e. The van der Waals surface area contributed by atoms with Crippen LogP contribution >= 0.6 is 11.3 Å². The van der Waals surface area contributed by atoms with Gasteiger partial charge in [0.2, 0.25) is 16.3 Å². The Kier molecular flexibility index (Phi) is 5.41. The summed E-state index contributed by atoms with van der Waals surface area (Å²) >= 11 is 1.40. The number of carbonyl (C=O) groups is 2. The summed E-state index contributed by atoms with van der Waals surface area (Å²) in [5, 5.41) is 5.05. The first-order valence-electron chi connectivity index (χ1n) is 6.35. The van der Waals surface area contributed by atoms with Crippen LogP contribution in [0.3, 0.4) is 0 Å². The van der Waals surface area contributed by atoms with E-state index in [0.29, 0.717) is 5.06 Å². The van der Waals surface area contributed by atoms with Crippen LogP contribution in [0.25, 0.3) is 0 Å². The third kappa shape index (κ3) is 3.55. The van der Waals surface area contributed by atoms with E-state index in [0.717, 1.165) is 10.4 Å². The normalized spacial score (nSPS) is 22.6. The molecule has 120 valence electrons. The summed E-state index contributed by atoms with van der Waals surface area (Å²) in [4.78, 5) is 25.6. The van der Waals surface area contributed by atoms with E-state index in [1.54, 1.807) is 6.07 Å². The van der Waals surface area contributed by atoms with E-state index >= 15 is 0 Å². The second-order valence-electron chi connectivity index (χ2n) is 4.95. The molecule has 3 amide bonds. The number of nitrogens with one attached hydrogen (secondary N) is 1. The average molecular weight is 369 g/mol. The van der Waals surface area contributed by atoms with Crippen LogP contribution in [0.5, 0.6) is 0 Å². The standard InChI is InChI=1S/C11H13N3O6S2.Na/c1-6(15)12-4-8-10-7(2-3-21-10)9-5-13(8)11(16)14(9)20-22(17,18)19;/h2-3,8-9H,4-5H2,1H3,(H,12,15)(H,17,18,19);/q;+1/p-1/t8-,9-;/m1./s1. The molecule has 1 fully saturated rings. The van der Waals surface area contributed by atoms with Gasteiger partial charge in [0, 0.05) is 18.3 Å². The minimum atomic E-state index is -5.05. The number of carbonyl (C=O) groups excluding carboxylic acids is 2. The zero-order chi connectivity index (χ0) is 16.1. The maximum absolute atomic E-state index is 12.3. The molecule has 2 bridgehead atoms. The molecule has 0 spiro atoms. The molecule has 23 heavy (non-hydrogen) atoms. The Labute approximate surface area is 158 Å². The first-order chi connectivity index (χ1) is 10.3. The molecule has 0 unspecified atom stereocenters. The van der Waals surface area contributed by atoms with E-state index in [2.05, 4.69) is 9.60 Å². The van der Waals surface area contributed by atoms with Crippen LogP contribution in [-0.4, -0.2) is 48.0 Å². The van der Waals surface area contributed by atoms with Crippen LogP contribution in [0.15, 0.2) is 11.4 Å². The molecular formula is C11H12N3NaO6S2. The van der Waals surface area contributed by atoms with E-state index in [9.17, 15) is 22.6 Å². The quantitative estimate of drug-likeness (QED) is 0.346. The van der Waals surface area contributed by atoms with Crippen LogP contribution in [0.2, 0.25) is 0 Å². The van der Waals surface area contributed by atoms with E-state index in [4.69, 9.17) is 0 Å². The molecule has 3 rings (SSSR count). The molecule has 0 aliphatic carbocycles. The molecule has 12 heteroatoms. The fraction of sp³-hybridized carbons (Fsp3) is 0.455. The van der Waals surface area contributed by atoms with Crippen molar-refractivity contribution in [2.75, 3.05) is 13.1 Å². The van der Waals surface area contributed by atoms with Crippen LogP contribution in [0.4, 0.5) is 4.79 Å². The number of hydrogen-bond donors (Lipinski definition) is 1. The van der Waals surface area contributed by atoms with Crippen molar-refractivity contribution >= 4 is 33.7 Å². The van der Waals surface area contributed by atoms with Gasteiger partial charge in [0.25, 0.3) is 0 Å². The first-order valence-corrected chi connectivity index (χ1v) is 8.56. The minimum absolute atomic E-state index is 0. The maximum Gasteiger partial charge on any atom is 1.00 e. The van der Waals surface area contributed by atoms with Crippen molar-refractivity contribution in [1.82, 2.24) is 15.3 Å². The molecule has 2 atom stereocenters. The van der Waals surface area contributed by atoms with E-state index in [1.165, 1.54) is 23.2 Å². The number of thiophene rings is 1. The van der Waals surface area contributed by atoms with E-state index in [1.807, 2.05) is 5.38 Å². The third-order valence-electron chi connectivity index (χ3n) is 3.57. The number of fused-ring (bicyclic) bond motifs is 4. The second kappa shape index (κ2) is 6.67. The Bertz CT molecular complexity index is 736. The number of rotatable bonds is 4. The molecule has 2 aliphatic rings. The zero-order valence-corrected chi connectivity index (χ0v) is 16.0. The van der Waals surface area contributed by atoms with E-state index in [-0.39, 0.29) is 48.6 Å². The van der Waals surface area contributed by atoms with Crippen molar-refractivity contribution in [3.05, 3.63) is 21.9 Å². The Morgan fingerprint density at radius 2 is 2.26 bits per heavy atom. The van der Waals surface area contributed by atoms with Gasteiger partial charge in [-0.25, -0.2) is 13.2 Å². The Hall–Kier alpha value is -0.690. The molecule has 2 aliphatic heterocycles. The number of amides is 3. The Morgan fingerprint density at radius 1 is 1.57 bits per heavy atom. The van der Waals surface area contributed by atoms with Crippen molar-refractivity contribution in [3.63, 3.8) is 0 Å². The SMILES string of the molecule is CC(=O)NC[C@@H]1c2sccc2[C@H]2CN1C(=O)N2OS(=O)(=O)[O-].[Na+]. The van der Waals surface area contributed by atoms with Gasteiger partial charge in [-0.05, 0) is 17.0 Å². The second-order valence-corrected chi connectivity index (χ2v) is 6.87. The molecule has 1 saturated heterocycles. The monoisotopic (exact) mass is 369 g/mol. The molecule has 1 aromatic heterocycles.